The Morgan fingerprint density at radius 1 is 1.00 bits per heavy atom. The number of thioether (sulfide) groups is 1. The highest BCUT2D eigenvalue weighted by atomic mass is 32.2. The smallest absolute Gasteiger partial charge is 0.277 e. The molecule has 1 aromatic heterocycles. The van der Waals surface area contributed by atoms with Crippen LogP contribution in [0.3, 0.4) is 0 Å². The molecule has 0 unspecified atom stereocenters. The lowest BCUT2D eigenvalue weighted by Gasteiger charge is -2.07. The maximum Gasteiger partial charge on any atom is 0.277 e. The fourth-order valence-corrected chi connectivity index (χ4v) is 3.83. The quantitative estimate of drug-likeness (QED) is 0.393. The van der Waals surface area contributed by atoms with Crippen molar-refractivity contribution >= 4 is 34.1 Å². The Morgan fingerprint density at radius 3 is 2.57 bits per heavy atom. The van der Waals surface area contributed by atoms with Crippen LogP contribution >= 0.6 is 11.8 Å². The normalized spacial score (nSPS) is 11.2. The molecule has 1 heterocycles. The summed E-state index contributed by atoms with van der Waals surface area (Å²) in [6, 6.07) is 22.3. The Kier molecular flexibility index (Phi) is 6.14. The second kappa shape index (κ2) is 9.13. The van der Waals surface area contributed by atoms with Gasteiger partial charge in [-0.25, -0.2) is 0 Å². The van der Waals surface area contributed by atoms with Gasteiger partial charge in [0.1, 0.15) is 0 Å². The Morgan fingerprint density at radius 2 is 1.77 bits per heavy atom. The van der Waals surface area contributed by atoms with Gasteiger partial charge in [-0.3, -0.25) is 4.79 Å². The number of aromatic nitrogens is 2. The van der Waals surface area contributed by atoms with Crippen LogP contribution in [0.15, 0.2) is 76.4 Å². The second-order valence-electron chi connectivity index (χ2n) is 7.39. The highest BCUT2D eigenvalue weighted by Crippen LogP contribution is 2.23. The minimum atomic E-state index is -0.105. The van der Waals surface area contributed by atoms with E-state index in [1.54, 1.807) is 0 Å². The Labute approximate surface area is 179 Å². The maximum absolute atomic E-state index is 12.2. The van der Waals surface area contributed by atoms with E-state index in [1.165, 1.54) is 28.1 Å². The molecular formula is C24H23N3O2S. The predicted octanol–water partition coefficient (Wildman–Crippen LogP) is 5.67. The predicted molar refractivity (Wildman–Crippen MR) is 121 cm³/mol. The summed E-state index contributed by atoms with van der Waals surface area (Å²) in [5.41, 5.74) is 3.16. The van der Waals surface area contributed by atoms with Crippen LogP contribution in [0.25, 0.3) is 10.8 Å². The number of hydrogen-bond acceptors (Lipinski definition) is 5. The molecule has 30 heavy (non-hydrogen) atoms. The summed E-state index contributed by atoms with van der Waals surface area (Å²) in [6.45, 7) is 4.28. The first-order chi connectivity index (χ1) is 14.6. The van der Waals surface area contributed by atoms with Crippen molar-refractivity contribution in [2.75, 3.05) is 11.1 Å². The molecule has 5 nitrogen and oxygen atoms in total. The summed E-state index contributed by atoms with van der Waals surface area (Å²) in [5.74, 6) is 1.11. The van der Waals surface area contributed by atoms with Crippen molar-refractivity contribution in [2.24, 2.45) is 0 Å². The topological polar surface area (TPSA) is 68.0 Å². The highest BCUT2D eigenvalue weighted by Gasteiger charge is 2.12. The number of fused-ring (bicyclic) bond motifs is 1. The molecule has 0 bridgehead atoms. The van der Waals surface area contributed by atoms with Crippen molar-refractivity contribution in [2.45, 2.75) is 31.4 Å². The minimum absolute atomic E-state index is 0.105. The summed E-state index contributed by atoms with van der Waals surface area (Å²) in [4.78, 5) is 12.2. The SMILES string of the molecule is CC(C)c1ccc(NC(=O)CSc2nnc(Cc3cccc4ccccc34)o2)cc1. The van der Waals surface area contributed by atoms with Crippen molar-refractivity contribution in [1.29, 1.82) is 0 Å². The number of carbonyl (C=O) groups is 1. The molecule has 152 valence electrons. The fourth-order valence-electron chi connectivity index (χ4n) is 3.25. The van der Waals surface area contributed by atoms with Crippen LogP contribution in [0, 0.1) is 0 Å². The number of anilines is 1. The maximum atomic E-state index is 12.2. The Hall–Kier alpha value is -3.12. The molecule has 0 spiro atoms. The van der Waals surface area contributed by atoms with Crippen LogP contribution in [0.1, 0.15) is 36.8 Å². The first-order valence-corrected chi connectivity index (χ1v) is 10.9. The zero-order valence-corrected chi connectivity index (χ0v) is 17.8. The number of hydrogen-bond donors (Lipinski definition) is 1. The van der Waals surface area contributed by atoms with Crippen molar-refractivity contribution in [3.8, 4) is 0 Å². The number of amides is 1. The first kappa shape index (κ1) is 20.2. The monoisotopic (exact) mass is 417 g/mol. The van der Waals surface area contributed by atoms with E-state index in [0.29, 0.717) is 23.5 Å². The van der Waals surface area contributed by atoms with Gasteiger partial charge in [0.05, 0.1) is 12.2 Å². The molecule has 4 rings (SSSR count). The van der Waals surface area contributed by atoms with Gasteiger partial charge in [0.15, 0.2) is 0 Å². The molecule has 0 saturated heterocycles. The van der Waals surface area contributed by atoms with Crippen LogP contribution < -0.4 is 5.32 Å². The van der Waals surface area contributed by atoms with E-state index in [1.807, 2.05) is 42.5 Å². The van der Waals surface area contributed by atoms with E-state index >= 15 is 0 Å². The van der Waals surface area contributed by atoms with E-state index in [-0.39, 0.29) is 11.7 Å². The first-order valence-electron chi connectivity index (χ1n) is 9.90. The van der Waals surface area contributed by atoms with Crippen LogP contribution in [0.4, 0.5) is 5.69 Å². The van der Waals surface area contributed by atoms with Crippen molar-refractivity contribution in [1.82, 2.24) is 10.2 Å². The van der Waals surface area contributed by atoms with Crippen molar-refractivity contribution < 1.29 is 9.21 Å². The van der Waals surface area contributed by atoms with Crippen molar-refractivity contribution in [3.63, 3.8) is 0 Å². The molecule has 4 aromatic rings. The standard InChI is InChI=1S/C24H23N3O2S/c1-16(2)17-10-12-20(13-11-17)25-22(28)15-30-24-27-26-23(29-24)14-19-8-5-7-18-6-3-4-9-21(18)19/h3-13,16H,14-15H2,1-2H3,(H,25,28). The average molecular weight is 418 g/mol. The summed E-state index contributed by atoms with van der Waals surface area (Å²) in [6.07, 6.45) is 0.559. The van der Waals surface area contributed by atoms with E-state index in [9.17, 15) is 4.79 Å². The van der Waals surface area contributed by atoms with Crippen molar-refractivity contribution in [3.05, 3.63) is 83.7 Å². The zero-order chi connectivity index (χ0) is 20.9. The zero-order valence-electron chi connectivity index (χ0n) is 17.0. The van der Waals surface area contributed by atoms with Gasteiger partial charge in [0, 0.05) is 5.69 Å². The molecule has 0 atom stereocenters. The molecule has 0 aliphatic carbocycles. The van der Waals surface area contributed by atoms with Crippen LogP contribution in [-0.4, -0.2) is 21.9 Å². The highest BCUT2D eigenvalue weighted by molar-refractivity contribution is 7.99. The van der Waals surface area contributed by atoms with E-state index < -0.39 is 0 Å². The van der Waals surface area contributed by atoms with E-state index in [2.05, 4.69) is 53.6 Å². The number of nitrogens with one attached hydrogen (secondary N) is 1. The average Bonchev–Trinajstić information content (AvgIpc) is 3.20. The molecular weight excluding hydrogens is 394 g/mol. The van der Waals surface area contributed by atoms with Gasteiger partial charge in [0.2, 0.25) is 11.8 Å². The molecule has 3 aromatic carbocycles. The van der Waals surface area contributed by atoms with E-state index in [4.69, 9.17) is 4.42 Å². The van der Waals surface area contributed by atoms with Gasteiger partial charge in [-0.1, -0.05) is 80.2 Å². The molecule has 1 N–H and O–H groups in total. The fraction of sp³-hybridized carbons (Fsp3) is 0.208. The molecule has 0 aliphatic rings. The number of nitrogens with zero attached hydrogens (tertiary/aromatic N) is 2. The van der Waals surface area contributed by atoms with Gasteiger partial charge in [-0.05, 0) is 39.9 Å². The molecule has 0 radical (unpaired) electrons. The third-order valence-corrected chi connectivity index (χ3v) is 5.68. The lowest BCUT2D eigenvalue weighted by molar-refractivity contribution is -0.113. The summed E-state index contributed by atoms with van der Waals surface area (Å²) >= 11 is 1.24. The van der Waals surface area contributed by atoms with Crippen LogP contribution in [0.2, 0.25) is 0 Å². The molecule has 1 amide bonds. The molecule has 0 fully saturated rings. The lowest BCUT2D eigenvalue weighted by Crippen LogP contribution is -2.14. The third-order valence-electron chi connectivity index (χ3n) is 4.86. The Balaban J connectivity index is 1.33. The van der Waals surface area contributed by atoms with Gasteiger partial charge in [-0.2, -0.15) is 0 Å². The van der Waals surface area contributed by atoms with Gasteiger partial charge in [0.25, 0.3) is 5.22 Å². The minimum Gasteiger partial charge on any atom is -0.416 e. The third kappa shape index (κ3) is 4.89. The Bertz CT molecular complexity index is 1150. The lowest BCUT2D eigenvalue weighted by atomic mass is 10.0. The summed E-state index contributed by atoms with van der Waals surface area (Å²) in [5, 5.41) is 13.9. The summed E-state index contributed by atoms with van der Waals surface area (Å²) < 4.78 is 5.74. The summed E-state index contributed by atoms with van der Waals surface area (Å²) in [7, 11) is 0. The largest absolute Gasteiger partial charge is 0.416 e. The van der Waals surface area contributed by atoms with Crippen LogP contribution in [-0.2, 0) is 11.2 Å². The number of benzene rings is 3. The van der Waals surface area contributed by atoms with E-state index in [0.717, 1.165) is 11.3 Å². The van der Waals surface area contributed by atoms with Gasteiger partial charge in [-0.15, -0.1) is 10.2 Å². The molecule has 6 heteroatoms. The van der Waals surface area contributed by atoms with Gasteiger partial charge >= 0.3 is 0 Å². The number of rotatable bonds is 7. The molecule has 0 saturated carbocycles. The molecule has 0 aliphatic heterocycles. The second-order valence-corrected chi connectivity index (χ2v) is 8.32. The van der Waals surface area contributed by atoms with Crippen LogP contribution in [0.5, 0.6) is 0 Å². The van der Waals surface area contributed by atoms with Gasteiger partial charge < -0.3 is 9.73 Å². The number of carbonyl (C=O) groups excluding carboxylic acids is 1.